The molecule has 0 saturated heterocycles. The SMILES string of the molecule is COc1ccc(C(CN)Nc2ccc(Br)c(Cl)c2)cc1F. The molecule has 0 heterocycles. The van der Waals surface area contributed by atoms with Crippen molar-refractivity contribution in [3.8, 4) is 5.75 Å². The highest BCUT2D eigenvalue weighted by Gasteiger charge is 2.13. The van der Waals surface area contributed by atoms with Gasteiger partial charge in [0.1, 0.15) is 0 Å². The van der Waals surface area contributed by atoms with Crippen LogP contribution in [0, 0.1) is 5.82 Å². The van der Waals surface area contributed by atoms with E-state index in [-0.39, 0.29) is 11.8 Å². The van der Waals surface area contributed by atoms with Crippen molar-refractivity contribution in [1.29, 1.82) is 0 Å². The average Bonchev–Trinajstić information content (AvgIpc) is 2.48. The Hall–Kier alpha value is -1.30. The normalized spacial score (nSPS) is 12.0. The van der Waals surface area contributed by atoms with Crippen LogP contribution in [0.3, 0.4) is 0 Å². The maximum Gasteiger partial charge on any atom is 0.165 e. The average molecular weight is 374 g/mol. The lowest BCUT2D eigenvalue weighted by Gasteiger charge is -2.19. The second-order valence-electron chi connectivity index (χ2n) is 4.46. The van der Waals surface area contributed by atoms with E-state index < -0.39 is 5.82 Å². The van der Waals surface area contributed by atoms with Crippen molar-refractivity contribution in [2.24, 2.45) is 5.73 Å². The lowest BCUT2D eigenvalue weighted by molar-refractivity contribution is 0.386. The molecule has 3 nitrogen and oxygen atoms in total. The van der Waals surface area contributed by atoms with Crippen LogP contribution < -0.4 is 15.8 Å². The van der Waals surface area contributed by atoms with E-state index in [1.54, 1.807) is 18.2 Å². The Bertz CT molecular complexity index is 639. The van der Waals surface area contributed by atoms with E-state index in [0.717, 1.165) is 15.7 Å². The zero-order chi connectivity index (χ0) is 15.4. The first-order valence-electron chi connectivity index (χ1n) is 6.30. The van der Waals surface area contributed by atoms with Crippen LogP contribution in [0.4, 0.5) is 10.1 Å². The molecule has 0 saturated carbocycles. The molecule has 0 amide bonds. The van der Waals surface area contributed by atoms with E-state index in [0.29, 0.717) is 11.6 Å². The summed E-state index contributed by atoms with van der Waals surface area (Å²) in [6.07, 6.45) is 0. The van der Waals surface area contributed by atoms with Gasteiger partial charge in [-0.1, -0.05) is 17.7 Å². The highest BCUT2D eigenvalue weighted by Crippen LogP contribution is 2.28. The van der Waals surface area contributed by atoms with Crippen LogP contribution in [0.25, 0.3) is 0 Å². The van der Waals surface area contributed by atoms with E-state index in [2.05, 4.69) is 21.2 Å². The third-order valence-corrected chi connectivity index (χ3v) is 4.31. The molecule has 0 aromatic heterocycles. The lowest BCUT2D eigenvalue weighted by atomic mass is 10.1. The molecule has 1 atom stereocenters. The van der Waals surface area contributed by atoms with Crippen LogP contribution in [-0.2, 0) is 0 Å². The topological polar surface area (TPSA) is 47.3 Å². The van der Waals surface area contributed by atoms with Crippen LogP contribution in [0.5, 0.6) is 5.75 Å². The van der Waals surface area contributed by atoms with Gasteiger partial charge < -0.3 is 15.8 Å². The van der Waals surface area contributed by atoms with Crippen molar-refractivity contribution in [2.45, 2.75) is 6.04 Å². The highest BCUT2D eigenvalue weighted by atomic mass is 79.9. The summed E-state index contributed by atoms with van der Waals surface area (Å²) >= 11 is 9.39. The van der Waals surface area contributed by atoms with Gasteiger partial charge in [0.15, 0.2) is 11.6 Å². The molecule has 0 aliphatic carbocycles. The van der Waals surface area contributed by atoms with Crippen molar-refractivity contribution < 1.29 is 9.13 Å². The summed E-state index contributed by atoms with van der Waals surface area (Å²) in [5.41, 5.74) is 7.34. The minimum Gasteiger partial charge on any atom is -0.494 e. The molecule has 112 valence electrons. The summed E-state index contributed by atoms with van der Waals surface area (Å²) < 4.78 is 19.5. The lowest BCUT2D eigenvalue weighted by Crippen LogP contribution is -2.20. The maximum absolute atomic E-state index is 13.8. The molecular formula is C15H15BrClFN2O. The van der Waals surface area contributed by atoms with Crippen LogP contribution in [0.2, 0.25) is 5.02 Å². The monoisotopic (exact) mass is 372 g/mol. The molecule has 0 fully saturated rings. The smallest absolute Gasteiger partial charge is 0.165 e. The molecule has 0 aliphatic rings. The minimum absolute atomic E-state index is 0.209. The number of halogens is 3. The molecule has 2 aromatic carbocycles. The van der Waals surface area contributed by atoms with E-state index in [1.165, 1.54) is 13.2 Å². The fraction of sp³-hybridized carbons (Fsp3) is 0.200. The predicted octanol–water partition coefficient (Wildman–Crippen LogP) is 4.36. The molecule has 0 spiro atoms. The molecule has 21 heavy (non-hydrogen) atoms. The number of hydrogen-bond acceptors (Lipinski definition) is 3. The van der Waals surface area contributed by atoms with Crippen molar-refractivity contribution >= 4 is 33.2 Å². The number of methoxy groups -OCH3 is 1. The number of nitrogens with two attached hydrogens (primary N) is 1. The number of rotatable bonds is 5. The first-order chi connectivity index (χ1) is 10.0. The number of nitrogens with one attached hydrogen (secondary N) is 1. The van der Waals surface area contributed by atoms with E-state index in [4.69, 9.17) is 22.1 Å². The Morgan fingerprint density at radius 2 is 2.10 bits per heavy atom. The quantitative estimate of drug-likeness (QED) is 0.818. The zero-order valence-corrected chi connectivity index (χ0v) is 13.7. The predicted molar refractivity (Wildman–Crippen MR) is 87.5 cm³/mol. The highest BCUT2D eigenvalue weighted by molar-refractivity contribution is 9.10. The fourth-order valence-electron chi connectivity index (χ4n) is 1.96. The Kier molecular flexibility index (Phi) is 5.45. The summed E-state index contributed by atoms with van der Waals surface area (Å²) in [5.74, 6) is -0.203. The van der Waals surface area contributed by atoms with Crippen molar-refractivity contribution in [3.63, 3.8) is 0 Å². The number of ether oxygens (including phenoxy) is 1. The van der Waals surface area contributed by atoms with Crippen LogP contribution in [0.1, 0.15) is 11.6 Å². The van der Waals surface area contributed by atoms with Gasteiger partial charge in [0.05, 0.1) is 18.2 Å². The van der Waals surface area contributed by atoms with E-state index in [9.17, 15) is 4.39 Å². The molecule has 0 bridgehead atoms. The second kappa shape index (κ2) is 7.11. The molecule has 2 aromatic rings. The van der Waals surface area contributed by atoms with Gasteiger partial charge in [0.25, 0.3) is 0 Å². The first-order valence-corrected chi connectivity index (χ1v) is 7.47. The summed E-state index contributed by atoms with van der Waals surface area (Å²) in [7, 11) is 1.43. The van der Waals surface area contributed by atoms with Gasteiger partial charge in [-0.3, -0.25) is 0 Å². The summed E-state index contributed by atoms with van der Waals surface area (Å²) in [4.78, 5) is 0. The van der Waals surface area contributed by atoms with Gasteiger partial charge in [-0.2, -0.15) is 0 Å². The number of hydrogen-bond donors (Lipinski definition) is 2. The molecular weight excluding hydrogens is 359 g/mol. The molecule has 6 heteroatoms. The largest absolute Gasteiger partial charge is 0.494 e. The van der Waals surface area contributed by atoms with E-state index >= 15 is 0 Å². The minimum atomic E-state index is -0.413. The van der Waals surface area contributed by atoms with Crippen LogP contribution >= 0.6 is 27.5 Å². The summed E-state index contributed by atoms with van der Waals surface area (Å²) in [5, 5.41) is 3.83. The molecule has 2 rings (SSSR count). The Labute approximate surface area is 136 Å². The zero-order valence-electron chi connectivity index (χ0n) is 11.4. The Morgan fingerprint density at radius 3 is 2.67 bits per heavy atom. The van der Waals surface area contributed by atoms with Gasteiger partial charge in [-0.15, -0.1) is 0 Å². The van der Waals surface area contributed by atoms with Gasteiger partial charge in [-0.05, 0) is 51.8 Å². The molecule has 0 aliphatic heterocycles. The third-order valence-electron chi connectivity index (χ3n) is 3.07. The van der Waals surface area contributed by atoms with Crippen LogP contribution in [0.15, 0.2) is 40.9 Å². The molecule has 1 unspecified atom stereocenters. The van der Waals surface area contributed by atoms with Crippen molar-refractivity contribution in [2.75, 3.05) is 19.0 Å². The summed E-state index contributed by atoms with van der Waals surface area (Å²) in [6, 6.07) is 10.1. The summed E-state index contributed by atoms with van der Waals surface area (Å²) in [6.45, 7) is 0.319. The number of anilines is 1. The first kappa shape index (κ1) is 16.1. The Balaban J connectivity index is 2.23. The van der Waals surface area contributed by atoms with Gasteiger partial charge in [-0.25, -0.2) is 4.39 Å². The second-order valence-corrected chi connectivity index (χ2v) is 5.72. The van der Waals surface area contributed by atoms with Gasteiger partial charge >= 0.3 is 0 Å². The maximum atomic E-state index is 13.8. The fourth-order valence-corrected chi connectivity index (χ4v) is 2.39. The molecule has 0 radical (unpaired) electrons. The van der Waals surface area contributed by atoms with Crippen LogP contribution in [-0.4, -0.2) is 13.7 Å². The van der Waals surface area contributed by atoms with Crippen molar-refractivity contribution in [3.05, 3.63) is 57.3 Å². The standard InChI is InChI=1S/C15H15BrClFN2O/c1-21-15-5-2-9(6-13(15)18)14(8-19)20-10-3-4-11(16)12(17)7-10/h2-7,14,20H,8,19H2,1H3. The molecule has 3 N–H and O–H groups in total. The third kappa shape index (κ3) is 3.87. The van der Waals surface area contributed by atoms with Gasteiger partial charge in [0.2, 0.25) is 0 Å². The van der Waals surface area contributed by atoms with E-state index in [1.807, 2.05) is 12.1 Å². The van der Waals surface area contributed by atoms with Crippen molar-refractivity contribution in [1.82, 2.24) is 0 Å². The Morgan fingerprint density at radius 1 is 1.33 bits per heavy atom. The van der Waals surface area contributed by atoms with Gasteiger partial charge in [0, 0.05) is 16.7 Å². The number of benzene rings is 2.